The summed E-state index contributed by atoms with van der Waals surface area (Å²) in [6.07, 6.45) is 0. The number of benzene rings is 3. The molecule has 1 aliphatic heterocycles. The van der Waals surface area contributed by atoms with Crippen LogP contribution >= 0.6 is 0 Å². The molecule has 3 aromatic rings. The first kappa shape index (κ1) is 24.4. The average molecular weight is 485 g/mol. The van der Waals surface area contributed by atoms with Crippen LogP contribution in [0.25, 0.3) is 5.76 Å². The van der Waals surface area contributed by atoms with Gasteiger partial charge in [0.1, 0.15) is 11.5 Å². The molecule has 8 heteroatoms. The van der Waals surface area contributed by atoms with Crippen LogP contribution in [0.5, 0.6) is 17.2 Å². The van der Waals surface area contributed by atoms with E-state index in [1.807, 2.05) is 13.0 Å². The highest BCUT2D eigenvalue weighted by molar-refractivity contribution is 6.51. The van der Waals surface area contributed by atoms with Crippen molar-refractivity contribution in [2.75, 3.05) is 25.7 Å². The molecule has 1 heterocycles. The zero-order valence-electron chi connectivity index (χ0n) is 20.0. The molecule has 36 heavy (non-hydrogen) atoms. The van der Waals surface area contributed by atoms with Crippen LogP contribution in [0.1, 0.15) is 29.7 Å². The molecule has 0 spiro atoms. The van der Waals surface area contributed by atoms with Gasteiger partial charge in [-0.1, -0.05) is 6.07 Å². The van der Waals surface area contributed by atoms with Gasteiger partial charge < -0.3 is 19.3 Å². The van der Waals surface area contributed by atoms with Crippen molar-refractivity contribution in [3.8, 4) is 23.3 Å². The molecule has 0 aromatic heterocycles. The second-order valence-electron chi connectivity index (χ2n) is 7.90. The fourth-order valence-corrected chi connectivity index (χ4v) is 4.15. The number of aliphatic hydroxyl groups is 1. The smallest absolute Gasteiger partial charge is 0.300 e. The van der Waals surface area contributed by atoms with Gasteiger partial charge in [-0.25, -0.2) is 0 Å². The molecule has 182 valence electrons. The predicted octanol–water partition coefficient (Wildman–Crippen LogP) is 4.60. The second-order valence-corrected chi connectivity index (χ2v) is 7.90. The van der Waals surface area contributed by atoms with Gasteiger partial charge in [-0.2, -0.15) is 5.26 Å². The molecule has 1 fully saturated rings. The van der Waals surface area contributed by atoms with E-state index in [-0.39, 0.29) is 11.3 Å². The fraction of sp³-hybridized carbons (Fsp3) is 0.179. The van der Waals surface area contributed by atoms with E-state index in [1.54, 1.807) is 66.7 Å². The van der Waals surface area contributed by atoms with E-state index in [4.69, 9.17) is 19.5 Å². The van der Waals surface area contributed by atoms with Gasteiger partial charge >= 0.3 is 0 Å². The topological polar surface area (TPSA) is 109 Å². The lowest BCUT2D eigenvalue weighted by molar-refractivity contribution is -0.132. The molecule has 1 atom stereocenters. The molecule has 0 saturated carbocycles. The van der Waals surface area contributed by atoms with E-state index in [1.165, 1.54) is 19.1 Å². The number of Topliss-reactive ketones (excluding diaryl/α,β-unsaturated/α-hetero) is 1. The monoisotopic (exact) mass is 484 g/mol. The Balaban J connectivity index is 1.94. The summed E-state index contributed by atoms with van der Waals surface area (Å²) in [5.74, 6) is -0.429. The van der Waals surface area contributed by atoms with Gasteiger partial charge in [0.05, 0.1) is 44.1 Å². The molecule has 1 amide bonds. The molecule has 1 unspecified atom stereocenters. The Hall–Kier alpha value is -4.77. The third-order valence-electron chi connectivity index (χ3n) is 5.89. The number of carbonyl (C=O) groups excluding carboxylic acids is 2. The minimum atomic E-state index is -0.954. The molecular formula is C28H24N2O6. The number of nitrogens with zero attached hydrogens (tertiary/aromatic N) is 2. The summed E-state index contributed by atoms with van der Waals surface area (Å²) in [5, 5.41) is 20.4. The molecule has 4 rings (SSSR count). The number of carbonyl (C=O) groups is 2. The SMILES string of the molecule is CCOc1cc(C2/C(=C(/O)c3ccc(OC)cc3)C(=O)C(=O)N2c2ccc(C#N)cc2)ccc1OC. The number of rotatable bonds is 7. The number of nitriles is 1. The molecule has 3 aromatic carbocycles. The Bertz CT molecular complexity index is 1370. The third-order valence-corrected chi connectivity index (χ3v) is 5.89. The normalized spacial score (nSPS) is 16.5. The van der Waals surface area contributed by atoms with Crippen molar-refractivity contribution in [3.63, 3.8) is 0 Å². The Morgan fingerprint density at radius 1 is 0.972 bits per heavy atom. The molecule has 8 nitrogen and oxygen atoms in total. The summed E-state index contributed by atoms with van der Waals surface area (Å²) in [6.45, 7) is 2.21. The quantitative estimate of drug-likeness (QED) is 0.297. The highest BCUT2D eigenvalue weighted by atomic mass is 16.5. The standard InChI is InChI=1S/C28H24N2O6/c1-4-36-23-15-19(9-14-22(23)35-3)25-24(26(31)18-7-12-21(34-2)13-8-18)27(32)28(33)30(25)20-10-5-17(16-29)6-11-20/h5-15,25,31H,4H2,1-3H3/b26-24-. The van der Waals surface area contributed by atoms with Crippen LogP contribution in [0.3, 0.4) is 0 Å². The van der Waals surface area contributed by atoms with E-state index in [2.05, 4.69) is 0 Å². The number of amides is 1. The average Bonchev–Trinajstić information content (AvgIpc) is 3.18. The summed E-state index contributed by atoms with van der Waals surface area (Å²) in [7, 11) is 3.04. The molecule has 1 saturated heterocycles. The number of hydrogen-bond acceptors (Lipinski definition) is 7. The molecular weight excluding hydrogens is 460 g/mol. The Morgan fingerprint density at radius 3 is 2.25 bits per heavy atom. The van der Waals surface area contributed by atoms with Gasteiger partial charge in [-0.15, -0.1) is 0 Å². The second kappa shape index (κ2) is 10.2. The lowest BCUT2D eigenvalue weighted by Crippen LogP contribution is -2.29. The van der Waals surface area contributed by atoms with Crippen molar-refractivity contribution in [2.24, 2.45) is 0 Å². The van der Waals surface area contributed by atoms with Crippen LogP contribution in [-0.2, 0) is 9.59 Å². The summed E-state index contributed by atoms with van der Waals surface area (Å²) >= 11 is 0. The van der Waals surface area contributed by atoms with Crippen molar-refractivity contribution in [3.05, 3.63) is 89.0 Å². The van der Waals surface area contributed by atoms with Crippen LogP contribution in [0.2, 0.25) is 0 Å². The molecule has 1 N–H and O–H groups in total. The first-order valence-electron chi connectivity index (χ1n) is 11.2. The van der Waals surface area contributed by atoms with Crippen molar-refractivity contribution >= 4 is 23.1 Å². The van der Waals surface area contributed by atoms with Crippen LogP contribution < -0.4 is 19.1 Å². The third kappa shape index (κ3) is 4.34. The molecule has 1 aliphatic rings. The Morgan fingerprint density at radius 2 is 1.67 bits per heavy atom. The first-order valence-corrected chi connectivity index (χ1v) is 11.2. The Kier molecular flexibility index (Phi) is 6.93. The Labute approximate surface area is 208 Å². The van der Waals surface area contributed by atoms with Crippen molar-refractivity contribution < 1.29 is 28.9 Å². The molecule has 0 aliphatic carbocycles. The summed E-state index contributed by atoms with van der Waals surface area (Å²) in [6, 6.07) is 19.0. The van der Waals surface area contributed by atoms with Crippen LogP contribution in [0, 0.1) is 11.3 Å². The van der Waals surface area contributed by atoms with Crippen LogP contribution in [0.15, 0.2) is 72.3 Å². The van der Waals surface area contributed by atoms with Gasteiger partial charge in [0.2, 0.25) is 0 Å². The van der Waals surface area contributed by atoms with Crippen LogP contribution in [0.4, 0.5) is 5.69 Å². The first-order chi connectivity index (χ1) is 17.4. The van der Waals surface area contributed by atoms with Gasteiger partial charge in [-0.3, -0.25) is 14.5 Å². The maximum absolute atomic E-state index is 13.3. The van der Waals surface area contributed by atoms with Crippen molar-refractivity contribution in [2.45, 2.75) is 13.0 Å². The van der Waals surface area contributed by atoms with Gasteiger partial charge in [0.25, 0.3) is 11.7 Å². The molecule has 0 radical (unpaired) electrons. The minimum absolute atomic E-state index is 0.0675. The summed E-state index contributed by atoms with van der Waals surface area (Å²) in [4.78, 5) is 28.0. The fourth-order valence-electron chi connectivity index (χ4n) is 4.15. The van der Waals surface area contributed by atoms with Gasteiger partial charge in [0.15, 0.2) is 11.5 Å². The number of methoxy groups -OCH3 is 2. The van der Waals surface area contributed by atoms with E-state index in [9.17, 15) is 14.7 Å². The van der Waals surface area contributed by atoms with Gasteiger partial charge in [0, 0.05) is 11.3 Å². The summed E-state index contributed by atoms with van der Waals surface area (Å²) < 4.78 is 16.3. The highest BCUT2D eigenvalue weighted by Gasteiger charge is 2.47. The predicted molar refractivity (Wildman–Crippen MR) is 133 cm³/mol. The lowest BCUT2D eigenvalue weighted by Gasteiger charge is -2.26. The van der Waals surface area contributed by atoms with Crippen molar-refractivity contribution in [1.29, 1.82) is 5.26 Å². The number of ketones is 1. The number of hydrogen-bond donors (Lipinski definition) is 1. The number of aliphatic hydroxyl groups excluding tert-OH is 1. The van der Waals surface area contributed by atoms with E-state index < -0.39 is 17.7 Å². The zero-order chi connectivity index (χ0) is 25.8. The number of ether oxygens (including phenoxy) is 3. The maximum atomic E-state index is 13.3. The van der Waals surface area contributed by atoms with Crippen LogP contribution in [-0.4, -0.2) is 37.6 Å². The zero-order valence-corrected chi connectivity index (χ0v) is 20.0. The largest absolute Gasteiger partial charge is 0.507 e. The maximum Gasteiger partial charge on any atom is 0.300 e. The van der Waals surface area contributed by atoms with Crippen molar-refractivity contribution in [1.82, 2.24) is 0 Å². The van der Waals surface area contributed by atoms with Gasteiger partial charge in [-0.05, 0) is 73.2 Å². The summed E-state index contributed by atoms with van der Waals surface area (Å²) in [5.41, 5.74) is 1.65. The minimum Gasteiger partial charge on any atom is -0.507 e. The molecule has 0 bridgehead atoms. The lowest BCUT2D eigenvalue weighted by atomic mass is 9.94. The van der Waals surface area contributed by atoms with E-state index in [0.29, 0.717) is 46.2 Å². The highest BCUT2D eigenvalue weighted by Crippen LogP contribution is 2.44. The van der Waals surface area contributed by atoms with E-state index >= 15 is 0 Å². The number of anilines is 1. The van der Waals surface area contributed by atoms with E-state index in [0.717, 1.165) is 0 Å².